The number of rotatable bonds is 7. The number of carbonyl (C=O) groups excluding carboxylic acids is 1. The van der Waals surface area contributed by atoms with Crippen LogP contribution in [0.25, 0.3) is 0 Å². The summed E-state index contributed by atoms with van der Waals surface area (Å²) in [7, 11) is 1.61. The first-order chi connectivity index (χ1) is 15.2. The van der Waals surface area contributed by atoms with Crippen LogP contribution in [0.3, 0.4) is 0 Å². The first-order valence-electron chi connectivity index (χ1n) is 10.8. The molecule has 1 aromatic rings. The highest BCUT2D eigenvalue weighted by molar-refractivity contribution is 5.64. The first-order valence-corrected chi connectivity index (χ1v) is 10.8. The van der Waals surface area contributed by atoms with E-state index in [0.29, 0.717) is 13.0 Å². The quantitative estimate of drug-likeness (QED) is 0.153. The molecule has 2 aliphatic heterocycles. The summed E-state index contributed by atoms with van der Waals surface area (Å²) in [5.41, 5.74) is 0.419. The number of allylic oxidation sites excluding steroid dienone is 1. The van der Waals surface area contributed by atoms with E-state index in [2.05, 4.69) is 26.8 Å². The normalized spacial score (nSPS) is 35.1. The van der Waals surface area contributed by atoms with Crippen molar-refractivity contribution in [3.63, 3.8) is 0 Å². The van der Waals surface area contributed by atoms with Gasteiger partial charge in [0.15, 0.2) is 0 Å². The molecule has 0 bridgehead atoms. The summed E-state index contributed by atoms with van der Waals surface area (Å²) >= 11 is 0. The Kier molecular flexibility index (Phi) is 6.00. The predicted molar refractivity (Wildman–Crippen MR) is 114 cm³/mol. The highest BCUT2D eigenvalue weighted by Crippen LogP contribution is 2.59. The van der Waals surface area contributed by atoms with Gasteiger partial charge in [0.05, 0.1) is 23.6 Å². The maximum absolute atomic E-state index is 12.4. The Morgan fingerprint density at radius 1 is 1.31 bits per heavy atom. The molecule has 1 saturated carbocycles. The Bertz CT molecular complexity index is 905. The van der Waals surface area contributed by atoms with Crippen molar-refractivity contribution in [2.75, 3.05) is 13.7 Å². The highest BCUT2D eigenvalue weighted by atomic mass is 16.7. The number of methoxy groups -OCH3 is 1. The van der Waals surface area contributed by atoms with E-state index in [9.17, 15) is 14.9 Å². The fourth-order valence-corrected chi connectivity index (χ4v) is 4.95. The smallest absolute Gasteiger partial charge is 0.428 e. The van der Waals surface area contributed by atoms with Crippen LogP contribution in [0.5, 0.6) is 5.75 Å². The number of nitro groups is 1. The van der Waals surface area contributed by atoms with Gasteiger partial charge in [0.2, 0.25) is 0 Å². The molecule has 9 heteroatoms. The highest BCUT2D eigenvalue weighted by Gasteiger charge is 2.72. The van der Waals surface area contributed by atoms with Crippen LogP contribution in [0.15, 0.2) is 35.9 Å². The molecule has 174 valence electrons. The van der Waals surface area contributed by atoms with Crippen molar-refractivity contribution in [2.24, 2.45) is 5.92 Å². The van der Waals surface area contributed by atoms with E-state index in [1.54, 1.807) is 7.11 Å². The Labute approximate surface area is 186 Å². The lowest BCUT2D eigenvalue weighted by Gasteiger charge is -2.42. The molecule has 0 unspecified atom stereocenters. The predicted octanol–water partition coefficient (Wildman–Crippen LogP) is 4.19. The second kappa shape index (κ2) is 8.46. The van der Waals surface area contributed by atoms with Crippen molar-refractivity contribution >= 4 is 11.8 Å². The molecule has 0 aromatic heterocycles. The van der Waals surface area contributed by atoms with Gasteiger partial charge in [0, 0.05) is 19.2 Å². The van der Waals surface area contributed by atoms with Crippen molar-refractivity contribution in [3.05, 3.63) is 46.0 Å². The Morgan fingerprint density at radius 2 is 2.00 bits per heavy atom. The molecular weight excluding hydrogens is 418 g/mol. The van der Waals surface area contributed by atoms with Gasteiger partial charge >= 0.3 is 6.16 Å². The lowest BCUT2D eigenvalue weighted by atomic mass is 9.68. The molecule has 0 amide bonds. The third-order valence-electron chi connectivity index (χ3n) is 6.73. The van der Waals surface area contributed by atoms with Crippen molar-refractivity contribution in [1.82, 2.24) is 0 Å². The van der Waals surface area contributed by atoms with Crippen LogP contribution in [-0.2, 0) is 18.9 Å². The molecular formula is C23H29NO8. The topological polar surface area (TPSA) is 113 Å². The zero-order valence-electron chi connectivity index (χ0n) is 18.7. The molecule has 1 spiro atoms. The average molecular weight is 447 g/mol. The summed E-state index contributed by atoms with van der Waals surface area (Å²) in [6.45, 7) is 6.84. The van der Waals surface area contributed by atoms with Gasteiger partial charge in [-0.05, 0) is 52.2 Å². The summed E-state index contributed by atoms with van der Waals surface area (Å²) < 4.78 is 28.8. The van der Waals surface area contributed by atoms with E-state index in [-0.39, 0.29) is 29.1 Å². The molecule has 0 N–H and O–H groups in total. The molecule has 2 heterocycles. The number of non-ortho nitro benzene ring substituents is 1. The van der Waals surface area contributed by atoms with Crippen LogP contribution < -0.4 is 4.74 Å². The van der Waals surface area contributed by atoms with Crippen LogP contribution in [0.1, 0.15) is 40.0 Å². The van der Waals surface area contributed by atoms with Gasteiger partial charge < -0.3 is 23.7 Å². The van der Waals surface area contributed by atoms with Gasteiger partial charge in [-0.15, -0.1) is 0 Å². The number of hydrogen-bond acceptors (Lipinski definition) is 8. The van der Waals surface area contributed by atoms with Crippen molar-refractivity contribution in [1.29, 1.82) is 0 Å². The Hall–Kier alpha value is -2.49. The minimum absolute atomic E-state index is 0.0620. The molecule has 4 rings (SSSR count). The second-order valence-corrected chi connectivity index (χ2v) is 9.14. The monoisotopic (exact) mass is 447 g/mol. The number of nitrogens with zero attached hydrogens (tertiary/aromatic N) is 1. The van der Waals surface area contributed by atoms with E-state index < -0.39 is 28.9 Å². The molecule has 1 aliphatic carbocycles. The van der Waals surface area contributed by atoms with E-state index in [0.717, 1.165) is 12.8 Å². The van der Waals surface area contributed by atoms with E-state index in [4.69, 9.17) is 23.7 Å². The molecule has 0 radical (unpaired) electrons. The molecule has 6 atom stereocenters. The van der Waals surface area contributed by atoms with Crippen LogP contribution in [0, 0.1) is 16.0 Å². The third kappa shape index (κ3) is 4.37. The van der Waals surface area contributed by atoms with Gasteiger partial charge in [-0.2, -0.15) is 0 Å². The van der Waals surface area contributed by atoms with Crippen LogP contribution in [-0.4, -0.2) is 54.3 Å². The molecule has 9 nitrogen and oxygen atoms in total. The van der Waals surface area contributed by atoms with Gasteiger partial charge in [0.1, 0.15) is 29.2 Å². The summed E-state index contributed by atoms with van der Waals surface area (Å²) in [6, 6.07) is 5.25. The van der Waals surface area contributed by atoms with Gasteiger partial charge in [0.25, 0.3) is 5.69 Å². The number of nitro benzene ring substituents is 1. The van der Waals surface area contributed by atoms with Crippen LogP contribution >= 0.6 is 0 Å². The number of epoxide rings is 2. The molecule has 3 fully saturated rings. The third-order valence-corrected chi connectivity index (χ3v) is 6.73. The molecule has 2 saturated heterocycles. The zero-order chi connectivity index (χ0) is 23.1. The fraction of sp³-hybridized carbons (Fsp3) is 0.609. The van der Waals surface area contributed by atoms with Crippen molar-refractivity contribution in [2.45, 2.75) is 69.5 Å². The van der Waals surface area contributed by atoms with Gasteiger partial charge in [-0.25, -0.2) is 4.79 Å². The number of hydrogen-bond donors (Lipinski definition) is 0. The first kappa shape index (κ1) is 22.7. The molecule has 3 aliphatic rings. The minimum atomic E-state index is -0.875. The Morgan fingerprint density at radius 3 is 2.56 bits per heavy atom. The number of carbonyl (C=O) groups is 1. The van der Waals surface area contributed by atoms with Crippen LogP contribution in [0.4, 0.5) is 10.5 Å². The largest absolute Gasteiger partial charge is 0.514 e. The lowest BCUT2D eigenvalue weighted by Crippen LogP contribution is -2.55. The van der Waals surface area contributed by atoms with Gasteiger partial charge in [-0.3, -0.25) is 10.1 Å². The van der Waals surface area contributed by atoms with E-state index in [1.165, 1.54) is 29.8 Å². The van der Waals surface area contributed by atoms with Gasteiger partial charge in [-0.1, -0.05) is 11.6 Å². The summed E-state index contributed by atoms with van der Waals surface area (Å²) in [6.07, 6.45) is 2.56. The SMILES string of the molecule is CO[C@@H]1[C@H](OC(=O)Oc2ccc([N+](=O)[O-])cc2)CC[C@]2(CO2)[C@H]1[C@]1(C)O[C@@H]1CC=C(C)C. The summed E-state index contributed by atoms with van der Waals surface area (Å²) in [5.74, 6) is 0.0877. The minimum Gasteiger partial charge on any atom is -0.428 e. The van der Waals surface area contributed by atoms with Crippen molar-refractivity contribution < 1.29 is 33.4 Å². The molecule has 32 heavy (non-hydrogen) atoms. The average Bonchev–Trinajstić information content (AvgIpc) is 3.65. The lowest BCUT2D eigenvalue weighted by molar-refractivity contribution is -0.384. The number of ether oxygens (including phenoxy) is 5. The van der Waals surface area contributed by atoms with Crippen LogP contribution in [0.2, 0.25) is 0 Å². The Balaban J connectivity index is 1.44. The number of benzene rings is 1. The maximum Gasteiger partial charge on any atom is 0.514 e. The summed E-state index contributed by atoms with van der Waals surface area (Å²) in [5, 5.41) is 10.8. The fourth-order valence-electron chi connectivity index (χ4n) is 4.95. The zero-order valence-corrected chi connectivity index (χ0v) is 18.7. The summed E-state index contributed by atoms with van der Waals surface area (Å²) in [4.78, 5) is 22.7. The van der Waals surface area contributed by atoms with E-state index in [1.807, 2.05) is 0 Å². The molecule has 1 aromatic carbocycles. The van der Waals surface area contributed by atoms with E-state index >= 15 is 0 Å². The standard InChI is InChI=1S/C23H29NO8/c1-14(2)5-10-18-22(3,32-18)20-19(28-4)17(11-12-23(20)13-29-23)31-21(25)30-16-8-6-15(7-9-16)24(26)27/h5-9,17-20H,10-13H2,1-4H3/t17-,18-,19-,20-,22-,23+/m1/s1. The second-order valence-electron chi connectivity index (χ2n) is 9.14. The van der Waals surface area contributed by atoms with Crippen molar-refractivity contribution in [3.8, 4) is 5.75 Å². The maximum atomic E-state index is 12.4.